The number of nitrogens with zero attached hydrogens (tertiary/aromatic N) is 1. The van der Waals surface area contributed by atoms with Crippen LogP contribution in [0.25, 0.3) is 0 Å². The number of rotatable bonds is 2. The van der Waals surface area contributed by atoms with Crippen LogP contribution in [0.3, 0.4) is 0 Å². The van der Waals surface area contributed by atoms with Crippen LogP contribution in [-0.2, 0) is 11.2 Å². The maximum Gasteiger partial charge on any atom is 0.427 e. The molecule has 0 bridgehead atoms. The van der Waals surface area contributed by atoms with E-state index in [9.17, 15) is 9.90 Å². The molecule has 0 unspecified atom stereocenters. The molecule has 0 aromatic heterocycles. The highest BCUT2D eigenvalue weighted by molar-refractivity contribution is 5.71. The third-order valence-corrected chi connectivity index (χ3v) is 3.36. The quantitative estimate of drug-likeness (QED) is 0.594. The van der Waals surface area contributed by atoms with Crippen LogP contribution in [0, 0.1) is 0 Å². The third kappa shape index (κ3) is 1.77. The average Bonchev–Trinajstić information content (AvgIpc) is 2.41. The first kappa shape index (κ1) is 11.9. The van der Waals surface area contributed by atoms with E-state index in [0.29, 0.717) is 6.42 Å². The molecule has 5 nitrogen and oxygen atoms in total. The van der Waals surface area contributed by atoms with Crippen LogP contribution < -0.4 is 5.84 Å². The zero-order valence-corrected chi connectivity index (χ0v) is 9.88. The monoisotopic (exact) mass is 236 g/mol. The lowest BCUT2D eigenvalue weighted by atomic mass is 9.87. The van der Waals surface area contributed by atoms with Gasteiger partial charge >= 0.3 is 6.09 Å². The molecule has 0 aliphatic carbocycles. The summed E-state index contributed by atoms with van der Waals surface area (Å²) in [5, 5.41) is 11.0. The highest BCUT2D eigenvalue weighted by Gasteiger charge is 2.58. The fourth-order valence-corrected chi connectivity index (χ4v) is 1.96. The topological polar surface area (TPSA) is 75.8 Å². The number of benzene rings is 1. The lowest BCUT2D eigenvalue weighted by Crippen LogP contribution is -2.58. The van der Waals surface area contributed by atoms with Gasteiger partial charge in [0.15, 0.2) is 11.3 Å². The molecule has 0 saturated carbocycles. The van der Waals surface area contributed by atoms with Gasteiger partial charge in [-0.15, -0.1) is 0 Å². The van der Waals surface area contributed by atoms with Crippen LogP contribution in [0.2, 0.25) is 0 Å². The van der Waals surface area contributed by atoms with Crippen molar-refractivity contribution in [2.75, 3.05) is 0 Å². The molecular formula is C12H16N2O3. The summed E-state index contributed by atoms with van der Waals surface area (Å²) in [6.45, 7) is 3.14. The smallest absolute Gasteiger partial charge is 0.427 e. The van der Waals surface area contributed by atoms with E-state index < -0.39 is 17.4 Å². The Bertz CT molecular complexity index is 433. The van der Waals surface area contributed by atoms with E-state index in [1.807, 2.05) is 30.3 Å². The van der Waals surface area contributed by atoms with Crippen molar-refractivity contribution < 1.29 is 14.6 Å². The molecule has 0 spiro atoms. The van der Waals surface area contributed by atoms with Crippen molar-refractivity contribution in [3.63, 3.8) is 0 Å². The summed E-state index contributed by atoms with van der Waals surface area (Å²) in [4.78, 5) is 11.4. The van der Waals surface area contributed by atoms with E-state index in [-0.39, 0.29) is 0 Å². The molecule has 5 heteroatoms. The molecule has 1 aromatic carbocycles. The summed E-state index contributed by atoms with van der Waals surface area (Å²) < 4.78 is 5.19. The number of nitrogens with two attached hydrogens (primary N) is 1. The lowest BCUT2D eigenvalue weighted by molar-refractivity contribution is -0.136. The summed E-state index contributed by atoms with van der Waals surface area (Å²) in [6.07, 6.45) is -0.311. The highest BCUT2D eigenvalue weighted by atomic mass is 16.6. The van der Waals surface area contributed by atoms with Gasteiger partial charge in [-0.2, -0.15) is 0 Å². The van der Waals surface area contributed by atoms with E-state index >= 15 is 0 Å². The number of hydrogen-bond donors (Lipinski definition) is 2. The normalized spacial score (nSPS) is 32.7. The fourth-order valence-electron chi connectivity index (χ4n) is 1.96. The third-order valence-electron chi connectivity index (χ3n) is 3.36. The minimum Gasteiger partial charge on any atom is -0.437 e. The van der Waals surface area contributed by atoms with Gasteiger partial charge in [-0.1, -0.05) is 30.3 Å². The van der Waals surface area contributed by atoms with Crippen molar-refractivity contribution in [3.05, 3.63) is 35.9 Å². The summed E-state index contributed by atoms with van der Waals surface area (Å²) in [5.74, 6) is 5.49. The van der Waals surface area contributed by atoms with E-state index in [1.54, 1.807) is 6.92 Å². The van der Waals surface area contributed by atoms with Gasteiger partial charge in [-0.3, -0.25) is 0 Å². The minimum absolute atomic E-state index is 0.403. The molecule has 1 aliphatic rings. The Hall–Kier alpha value is -1.59. The van der Waals surface area contributed by atoms with E-state index in [4.69, 9.17) is 10.6 Å². The first-order chi connectivity index (χ1) is 7.87. The Labute approximate surface area is 99.8 Å². The molecule has 1 saturated heterocycles. The van der Waals surface area contributed by atoms with Gasteiger partial charge in [0.25, 0.3) is 0 Å². The van der Waals surface area contributed by atoms with Gasteiger partial charge in [0.2, 0.25) is 0 Å². The highest BCUT2D eigenvalue weighted by Crippen LogP contribution is 2.37. The summed E-state index contributed by atoms with van der Waals surface area (Å²) in [6, 6.07) is 9.51. The van der Waals surface area contributed by atoms with Crippen LogP contribution in [-0.4, -0.2) is 27.5 Å². The van der Waals surface area contributed by atoms with Crippen LogP contribution in [0.15, 0.2) is 30.3 Å². The molecule has 0 radical (unpaired) electrons. The number of ether oxygens (including phenoxy) is 1. The van der Waals surface area contributed by atoms with Gasteiger partial charge < -0.3 is 9.84 Å². The molecular weight excluding hydrogens is 220 g/mol. The second-order valence-corrected chi connectivity index (χ2v) is 4.65. The predicted molar refractivity (Wildman–Crippen MR) is 61.7 cm³/mol. The summed E-state index contributed by atoms with van der Waals surface area (Å²) >= 11 is 0. The van der Waals surface area contributed by atoms with Crippen molar-refractivity contribution in [2.24, 2.45) is 5.84 Å². The summed E-state index contributed by atoms with van der Waals surface area (Å²) in [5.41, 5.74) is -1.61. The zero-order valence-electron chi connectivity index (χ0n) is 9.88. The Morgan fingerprint density at radius 2 is 1.94 bits per heavy atom. The SMILES string of the molecule is C[C@]1(Cc2ccccc2)OC(=O)N(N)[C@@]1(C)O. The van der Waals surface area contributed by atoms with Gasteiger partial charge in [-0.05, 0) is 19.4 Å². The number of aliphatic hydroxyl groups is 1. The Morgan fingerprint density at radius 1 is 1.35 bits per heavy atom. The van der Waals surface area contributed by atoms with Crippen LogP contribution in [0.5, 0.6) is 0 Å². The molecule has 1 aliphatic heterocycles. The molecule has 92 valence electrons. The van der Waals surface area contributed by atoms with Crippen molar-refractivity contribution in [1.29, 1.82) is 0 Å². The Balaban J connectivity index is 2.29. The molecule has 1 amide bonds. The van der Waals surface area contributed by atoms with Crippen LogP contribution >= 0.6 is 0 Å². The molecule has 17 heavy (non-hydrogen) atoms. The predicted octanol–water partition coefficient (Wildman–Crippen LogP) is 1.02. The maximum absolute atomic E-state index is 11.4. The van der Waals surface area contributed by atoms with E-state index in [2.05, 4.69) is 0 Å². The van der Waals surface area contributed by atoms with Crippen molar-refractivity contribution >= 4 is 6.09 Å². The van der Waals surface area contributed by atoms with Crippen LogP contribution in [0.4, 0.5) is 4.79 Å². The van der Waals surface area contributed by atoms with Gasteiger partial charge in [0.05, 0.1) is 0 Å². The van der Waals surface area contributed by atoms with Crippen molar-refractivity contribution in [3.8, 4) is 0 Å². The number of amides is 1. The summed E-state index contributed by atoms with van der Waals surface area (Å²) in [7, 11) is 0. The Kier molecular flexibility index (Phi) is 2.60. The van der Waals surface area contributed by atoms with Crippen molar-refractivity contribution in [2.45, 2.75) is 31.6 Å². The number of hydrogen-bond acceptors (Lipinski definition) is 4. The van der Waals surface area contributed by atoms with Gasteiger partial charge in [0, 0.05) is 6.42 Å². The minimum atomic E-state index is -1.53. The zero-order chi connectivity index (χ0) is 12.7. The molecule has 1 heterocycles. The van der Waals surface area contributed by atoms with Crippen LogP contribution in [0.1, 0.15) is 19.4 Å². The molecule has 2 rings (SSSR count). The second kappa shape index (κ2) is 3.72. The first-order valence-corrected chi connectivity index (χ1v) is 5.41. The van der Waals surface area contributed by atoms with E-state index in [1.165, 1.54) is 6.92 Å². The largest absolute Gasteiger partial charge is 0.437 e. The van der Waals surface area contributed by atoms with Gasteiger partial charge in [0.1, 0.15) is 0 Å². The number of carbonyl (C=O) groups is 1. The lowest BCUT2D eigenvalue weighted by Gasteiger charge is -2.35. The number of cyclic esters (lactones) is 1. The second-order valence-electron chi connectivity index (χ2n) is 4.65. The molecule has 3 N–H and O–H groups in total. The van der Waals surface area contributed by atoms with E-state index in [0.717, 1.165) is 10.6 Å². The average molecular weight is 236 g/mol. The van der Waals surface area contributed by atoms with Gasteiger partial charge in [-0.25, -0.2) is 15.6 Å². The molecule has 1 aromatic rings. The number of hydrazine groups is 1. The number of carbonyl (C=O) groups excluding carboxylic acids is 1. The Morgan fingerprint density at radius 3 is 2.41 bits per heavy atom. The first-order valence-electron chi connectivity index (χ1n) is 5.41. The maximum atomic E-state index is 11.4. The van der Waals surface area contributed by atoms with Crippen molar-refractivity contribution in [1.82, 2.24) is 5.01 Å². The molecule has 1 fully saturated rings. The molecule has 2 atom stereocenters. The fraction of sp³-hybridized carbons (Fsp3) is 0.417. The standard InChI is InChI=1S/C12H16N2O3/c1-11(8-9-6-4-3-5-7-9)12(2,16)14(13)10(15)17-11/h3-7,16H,8,13H2,1-2H3/t11-,12+/m1/s1.